The van der Waals surface area contributed by atoms with Crippen LogP contribution in [-0.2, 0) is 11.3 Å². The largest absolute Gasteiger partial charge is 0.437 e. The van der Waals surface area contributed by atoms with E-state index in [0.29, 0.717) is 0 Å². The number of aryl methyl sites for hydroxylation is 1. The molecule has 2 rings (SSSR count). The molecule has 8 nitrogen and oxygen atoms in total. The van der Waals surface area contributed by atoms with Crippen molar-refractivity contribution in [2.24, 2.45) is 5.73 Å². The third kappa shape index (κ3) is 3.28. The second-order valence-electron chi connectivity index (χ2n) is 3.54. The molecule has 2 aromatic rings. The number of nitrogens with zero attached hydrogens (tertiary/aromatic N) is 2. The lowest BCUT2D eigenvalue weighted by Crippen LogP contribution is -2.35. The van der Waals surface area contributed by atoms with E-state index in [1.54, 1.807) is 12.1 Å². The van der Waals surface area contributed by atoms with Crippen LogP contribution in [-0.4, -0.2) is 21.7 Å². The highest BCUT2D eigenvalue weighted by molar-refractivity contribution is 7.13. The Morgan fingerprint density at radius 3 is 2.95 bits per heavy atom. The molecule has 2 heterocycles. The topological polar surface area (TPSA) is 120 Å². The summed E-state index contributed by atoms with van der Waals surface area (Å²) in [6.45, 7) is 0.00677. The number of urea groups is 1. The maximum atomic E-state index is 11.5. The van der Waals surface area contributed by atoms with Crippen LogP contribution in [0.4, 0.5) is 4.79 Å². The summed E-state index contributed by atoms with van der Waals surface area (Å²) in [6, 6.07) is 2.64. The molecule has 0 unspecified atom stereocenters. The van der Waals surface area contributed by atoms with Gasteiger partial charge < -0.3 is 10.2 Å². The molecule has 3 N–H and O–H groups in total. The van der Waals surface area contributed by atoms with Gasteiger partial charge in [0.25, 0.3) is 5.89 Å². The summed E-state index contributed by atoms with van der Waals surface area (Å²) in [6.07, 6.45) is -0.0980. The smallest absolute Gasteiger partial charge is 0.387 e. The number of carbonyl (C=O) groups excluding carboxylic acids is 2. The molecule has 2 aromatic heterocycles. The van der Waals surface area contributed by atoms with Gasteiger partial charge in [0, 0.05) is 6.42 Å². The van der Waals surface area contributed by atoms with E-state index < -0.39 is 17.7 Å². The SMILES string of the molecule is NC(=O)NC(=O)CCn1nc(-c2cccs2)oc1=O. The molecule has 19 heavy (non-hydrogen) atoms. The summed E-state index contributed by atoms with van der Waals surface area (Å²) in [4.78, 5) is 33.8. The van der Waals surface area contributed by atoms with Crippen LogP contribution in [0.2, 0.25) is 0 Å². The number of thiophene rings is 1. The number of nitrogens with one attached hydrogen (secondary N) is 1. The number of imide groups is 1. The Kier molecular flexibility index (Phi) is 3.76. The molecule has 9 heteroatoms. The molecule has 100 valence electrons. The molecule has 0 bridgehead atoms. The Balaban J connectivity index is 2.04. The first-order valence-electron chi connectivity index (χ1n) is 5.27. The molecule has 0 atom stereocenters. The van der Waals surface area contributed by atoms with Gasteiger partial charge in [0.05, 0.1) is 11.4 Å². The quantitative estimate of drug-likeness (QED) is 0.827. The van der Waals surface area contributed by atoms with Gasteiger partial charge in [-0.25, -0.2) is 9.59 Å². The lowest BCUT2D eigenvalue weighted by molar-refractivity contribution is -0.120. The lowest BCUT2D eigenvalue weighted by atomic mass is 10.4. The molecule has 3 amide bonds. The van der Waals surface area contributed by atoms with Crippen molar-refractivity contribution in [2.45, 2.75) is 13.0 Å². The second kappa shape index (κ2) is 5.48. The first kappa shape index (κ1) is 13.0. The lowest BCUT2D eigenvalue weighted by Gasteiger charge is -1.99. The molecule has 0 radical (unpaired) electrons. The summed E-state index contributed by atoms with van der Waals surface area (Å²) in [5.74, 6) is -1.04. The van der Waals surface area contributed by atoms with Crippen LogP contribution < -0.4 is 16.8 Å². The van der Waals surface area contributed by atoms with Crippen LogP contribution in [0.3, 0.4) is 0 Å². The number of hydrogen-bond donors (Lipinski definition) is 2. The van der Waals surface area contributed by atoms with E-state index in [0.717, 1.165) is 9.56 Å². The predicted octanol–water partition coefficient (Wildman–Crippen LogP) is 0.150. The van der Waals surface area contributed by atoms with Crippen LogP contribution in [0.1, 0.15) is 6.42 Å². The Bertz CT molecular complexity index is 643. The number of primary amides is 1. The van der Waals surface area contributed by atoms with Crippen molar-refractivity contribution in [1.82, 2.24) is 15.1 Å². The van der Waals surface area contributed by atoms with E-state index in [1.807, 2.05) is 10.7 Å². The third-order valence-electron chi connectivity index (χ3n) is 2.15. The summed E-state index contributed by atoms with van der Waals surface area (Å²) < 4.78 is 5.98. The second-order valence-corrected chi connectivity index (χ2v) is 4.48. The summed E-state index contributed by atoms with van der Waals surface area (Å²) in [5.41, 5.74) is 4.79. The normalized spacial score (nSPS) is 10.3. The number of nitrogens with two attached hydrogens (primary N) is 1. The molecular formula is C10H10N4O4S. The van der Waals surface area contributed by atoms with Gasteiger partial charge in [-0.15, -0.1) is 16.4 Å². The maximum absolute atomic E-state index is 11.5. The maximum Gasteiger partial charge on any atom is 0.437 e. The molecule has 0 spiro atoms. The van der Waals surface area contributed by atoms with Gasteiger partial charge in [-0.1, -0.05) is 6.07 Å². The van der Waals surface area contributed by atoms with E-state index in [1.165, 1.54) is 11.3 Å². The van der Waals surface area contributed by atoms with Crippen LogP contribution in [0.5, 0.6) is 0 Å². The van der Waals surface area contributed by atoms with Crippen LogP contribution >= 0.6 is 11.3 Å². The van der Waals surface area contributed by atoms with E-state index in [4.69, 9.17) is 10.2 Å². The fourth-order valence-corrected chi connectivity index (χ4v) is 2.00. The number of carbonyl (C=O) groups is 2. The zero-order valence-electron chi connectivity index (χ0n) is 9.66. The van der Waals surface area contributed by atoms with Crippen LogP contribution in [0.15, 0.2) is 26.7 Å². The van der Waals surface area contributed by atoms with Crippen LogP contribution in [0.25, 0.3) is 10.8 Å². The summed E-state index contributed by atoms with van der Waals surface area (Å²) in [5, 5.41) is 7.68. The van der Waals surface area contributed by atoms with Gasteiger partial charge in [0.15, 0.2) is 0 Å². The highest BCUT2D eigenvalue weighted by Crippen LogP contribution is 2.20. The Labute approximate surface area is 110 Å². The van der Waals surface area contributed by atoms with Crippen molar-refractivity contribution in [3.05, 3.63) is 28.1 Å². The molecule has 0 aliphatic rings. The van der Waals surface area contributed by atoms with Gasteiger partial charge in [-0.05, 0) is 11.4 Å². The third-order valence-corrected chi connectivity index (χ3v) is 3.01. The van der Waals surface area contributed by atoms with Crippen molar-refractivity contribution in [1.29, 1.82) is 0 Å². The van der Waals surface area contributed by atoms with Gasteiger partial charge in [-0.3, -0.25) is 10.1 Å². The number of hydrogen-bond acceptors (Lipinski definition) is 6. The molecule has 0 aliphatic heterocycles. The minimum atomic E-state index is -0.934. The van der Waals surface area contributed by atoms with E-state index in [2.05, 4.69) is 5.10 Å². The van der Waals surface area contributed by atoms with Crippen molar-refractivity contribution in [3.63, 3.8) is 0 Å². The minimum Gasteiger partial charge on any atom is -0.387 e. The first-order valence-corrected chi connectivity index (χ1v) is 6.15. The highest BCUT2D eigenvalue weighted by atomic mass is 32.1. The van der Waals surface area contributed by atoms with Gasteiger partial charge in [0.2, 0.25) is 5.91 Å². The average Bonchev–Trinajstić information content (AvgIpc) is 2.94. The zero-order chi connectivity index (χ0) is 13.8. The minimum absolute atomic E-state index is 0.00677. The Hall–Kier alpha value is -2.42. The molecule has 0 saturated carbocycles. The van der Waals surface area contributed by atoms with E-state index in [9.17, 15) is 14.4 Å². The fourth-order valence-electron chi connectivity index (χ4n) is 1.35. The van der Waals surface area contributed by atoms with Gasteiger partial charge in [0.1, 0.15) is 0 Å². The van der Waals surface area contributed by atoms with E-state index in [-0.39, 0.29) is 18.9 Å². The zero-order valence-corrected chi connectivity index (χ0v) is 10.5. The average molecular weight is 282 g/mol. The number of aromatic nitrogens is 2. The standard InChI is InChI=1S/C10H10N4O4S/c11-9(16)12-7(15)3-4-14-10(17)18-8(13-14)6-2-1-5-19-6/h1-2,5H,3-4H2,(H3,11,12,15,16). The molecule has 0 aliphatic carbocycles. The van der Waals surface area contributed by atoms with Gasteiger partial charge >= 0.3 is 11.8 Å². The molecular weight excluding hydrogens is 272 g/mol. The van der Waals surface area contributed by atoms with Crippen LogP contribution in [0, 0.1) is 0 Å². The number of rotatable bonds is 4. The van der Waals surface area contributed by atoms with Crippen molar-refractivity contribution in [2.75, 3.05) is 0 Å². The first-order chi connectivity index (χ1) is 9.06. The van der Waals surface area contributed by atoms with Gasteiger partial charge in [-0.2, -0.15) is 4.68 Å². The summed E-state index contributed by atoms with van der Waals surface area (Å²) >= 11 is 1.38. The van der Waals surface area contributed by atoms with Crippen molar-refractivity contribution in [3.8, 4) is 10.8 Å². The molecule has 0 saturated heterocycles. The van der Waals surface area contributed by atoms with Crippen molar-refractivity contribution < 1.29 is 14.0 Å². The fraction of sp³-hybridized carbons (Fsp3) is 0.200. The molecule has 0 fully saturated rings. The molecule has 0 aromatic carbocycles. The monoisotopic (exact) mass is 282 g/mol. The van der Waals surface area contributed by atoms with Crippen molar-refractivity contribution >= 4 is 23.3 Å². The highest BCUT2D eigenvalue weighted by Gasteiger charge is 2.12. The summed E-state index contributed by atoms with van der Waals surface area (Å²) in [7, 11) is 0. The Morgan fingerprint density at radius 1 is 1.53 bits per heavy atom. The Morgan fingerprint density at radius 2 is 2.32 bits per heavy atom. The predicted molar refractivity (Wildman–Crippen MR) is 66.4 cm³/mol. The van der Waals surface area contributed by atoms with E-state index >= 15 is 0 Å². The number of amides is 3.